The number of hydrogen-bond acceptors (Lipinski definition) is 5. The van der Waals surface area contributed by atoms with Crippen molar-refractivity contribution in [3.63, 3.8) is 0 Å². The lowest BCUT2D eigenvalue weighted by Gasteiger charge is -2.13. The summed E-state index contributed by atoms with van der Waals surface area (Å²) < 4.78 is 46.6. The van der Waals surface area contributed by atoms with Gasteiger partial charge in [-0.2, -0.15) is 13.2 Å². The number of carboxylic acid groups (broad SMARTS) is 1. The summed E-state index contributed by atoms with van der Waals surface area (Å²) in [5.41, 5.74) is 7.33. The first-order chi connectivity index (χ1) is 14.8. The molecular formula is C19H30F3N2O7P. The number of nitrogens with two attached hydrogens (primary N) is 1. The van der Waals surface area contributed by atoms with Crippen molar-refractivity contribution in [2.75, 3.05) is 11.9 Å². The molecule has 0 bridgehead atoms. The Morgan fingerprint density at radius 3 is 2.06 bits per heavy atom. The van der Waals surface area contributed by atoms with Gasteiger partial charge in [0.05, 0.1) is 6.61 Å². The number of hydrogen-bond donors (Lipinski definition) is 5. The van der Waals surface area contributed by atoms with Crippen molar-refractivity contribution in [1.82, 2.24) is 0 Å². The van der Waals surface area contributed by atoms with Gasteiger partial charge >= 0.3 is 20.0 Å². The Bertz CT molecular complexity index is 739. The average molecular weight is 486 g/mol. The molecule has 0 saturated heterocycles. The minimum absolute atomic E-state index is 0.549. The topological polar surface area (TPSA) is 159 Å². The van der Waals surface area contributed by atoms with Crippen LogP contribution in [0.3, 0.4) is 0 Å². The van der Waals surface area contributed by atoms with E-state index in [1.807, 2.05) is 12.1 Å². The van der Waals surface area contributed by atoms with Gasteiger partial charge in [0.2, 0.25) is 5.91 Å². The van der Waals surface area contributed by atoms with Crippen molar-refractivity contribution in [2.24, 2.45) is 5.73 Å². The number of carbonyl (C=O) groups is 2. The maximum absolute atomic E-state index is 11.8. The zero-order valence-electron chi connectivity index (χ0n) is 17.7. The number of carboxylic acids is 1. The first-order valence-electron chi connectivity index (χ1n) is 9.91. The van der Waals surface area contributed by atoms with Gasteiger partial charge in [-0.15, -0.1) is 0 Å². The highest BCUT2D eigenvalue weighted by Crippen LogP contribution is 2.35. The van der Waals surface area contributed by atoms with Gasteiger partial charge in [0.1, 0.15) is 6.04 Å². The van der Waals surface area contributed by atoms with Crippen LogP contribution in [0.4, 0.5) is 18.9 Å². The molecule has 1 atom stereocenters. The number of halogens is 3. The molecule has 1 amide bonds. The Hall–Kier alpha value is -1.98. The number of aryl methyl sites for hydroxylation is 1. The Labute approximate surface area is 184 Å². The van der Waals surface area contributed by atoms with Gasteiger partial charge in [-0.05, 0) is 30.5 Å². The molecule has 1 aromatic carbocycles. The molecule has 9 nitrogen and oxygen atoms in total. The zero-order chi connectivity index (χ0) is 24.8. The van der Waals surface area contributed by atoms with Crippen LogP contribution in [0.5, 0.6) is 0 Å². The summed E-state index contributed by atoms with van der Waals surface area (Å²) in [7, 11) is -4.63. The molecule has 0 unspecified atom stereocenters. The number of amides is 1. The van der Waals surface area contributed by atoms with E-state index in [1.54, 1.807) is 12.1 Å². The number of rotatable bonds is 12. The van der Waals surface area contributed by atoms with Crippen molar-refractivity contribution < 1.29 is 46.7 Å². The van der Waals surface area contributed by atoms with E-state index in [-0.39, 0.29) is 0 Å². The average Bonchev–Trinajstić information content (AvgIpc) is 2.69. The summed E-state index contributed by atoms with van der Waals surface area (Å²) in [5.74, 6) is -3.32. The van der Waals surface area contributed by atoms with E-state index < -0.39 is 38.5 Å². The van der Waals surface area contributed by atoms with Crippen LogP contribution in [0.25, 0.3) is 0 Å². The van der Waals surface area contributed by atoms with Crippen LogP contribution in [0.1, 0.15) is 51.0 Å². The molecule has 0 aromatic heterocycles. The molecule has 6 N–H and O–H groups in total. The third kappa shape index (κ3) is 15.8. The number of carbonyl (C=O) groups excluding carboxylic acids is 1. The highest BCUT2D eigenvalue weighted by Gasteiger charge is 2.38. The molecule has 0 aliphatic carbocycles. The summed E-state index contributed by atoms with van der Waals surface area (Å²) in [6, 6.07) is 6.34. The standard InChI is InChI=1S/C17H29N2O5P.C2HF3O2/c1-2-3-4-5-6-7-8-14-9-11-15(12-10-14)19-17(20)16(18)13-24-25(21,22)23;3-2(4,5)1(6)7/h9-12,16H,2-8,13,18H2,1H3,(H,19,20)(H2,21,22,23);(H,6,7)/t16-;/m0./s1. The molecule has 13 heteroatoms. The van der Waals surface area contributed by atoms with Gasteiger partial charge in [-0.1, -0.05) is 51.2 Å². The van der Waals surface area contributed by atoms with Crippen molar-refractivity contribution in [1.29, 1.82) is 0 Å². The lowest BCUT2D eigenvalue weighted by Crippen LogP contribution is -2.39. The van der Waals surface area contributed by atoms with Gasteiger partial charge in [-0.25, -0.2) is 9.36 Å². The van der Waals surface area contributed by atoms with Crippen molar-refractivity contribution in [3.05, 3.63) is 29.8 Å². The third-order valence-corrected chi connectivity index (χ3v) is 4.53. The smallest absolute Gasteiger partial charge is 0.475 e. The van der Waals surface area contributed by atoms with E-state index in [4.69, 9.17) is 25.4 Å². The second-order valence-electron chi connectivity index (χ2n) is 6.90. The fraction of sp³-hybridized carbons (Fsp3) is 0.579. The van der Waals surface area contributed by atoms with E-state index in [0.29, 0.717) is 5.69 Å². The molecule has 1 aromatic rings. The molecular weight excluding hydrogens is 456 g/mol. The zero-order valence-corrected chi connectivity index (χ0v) is 18.6. The maximum Gasteiger partial charge on any atom is 0.490 e. The van der Waals surface area contributed by atoms with Crippen LogP contribution < -0.4 is 11.1 Å². The summed E-state index contributed by atoms with van der Waals surface area (Å²) in [6.45, 7) is 1.66. The van der Waals surface area contributed by atoms with E-state index >= 15 is 0 Å². The van der Waals surface area contributed by atoms with Gasteiger partial charge in [0.15, 0.2) is 0 Å². The molecule has 1 rings (SSSR count). The third-order valence-electron chi connectivity index (χ3n) is 4.04. The van der Waals surface area contributed by atoms with E-state index in [9.17, 15) is 22.5 Å². The molecule has 0 spiro atoms. The van der Waals surface area contributed by atoms with E-state index in [1.165, 1.54) is 37.7 Å². The van der Waals surface area contributed by atoms with E-state index in [0.717, 1.165) is 12.8 Å². The molecule has 0 radical (unpaired) electrons. The van der Waals surface area contributed by atoms with Crippen molar-refractivity contribution in [2.45, 2.75) is 64.1 Å². The predicted octanol–water partition coefficient (Wildman–Crippen LogP) is 3.60. The highest BCUT2D eigenvalue weighted by molar-refractivity contribution is 7.46. The summed E-state index contributed by atoms with van der Waals surface area (Å²) in [4.78, 5) is 37.9. The van der Waals surface area contributed by atoms with Gasteiger partial charge in [-0.3, -0.25) is 9.32 Å². The fourth-order valence-electron chi connectivity index (χ4n) is 2.35. The monoisotopic (exact) mass is 486 g/mol. The summed E-state index contributed by atoms with van der Waals surface area (Å²) in [5, 5.41) is 9.72. The maximum atomic E-state index is 11.8. The minimum Gasteiger partial charge on any atom is -0.475 e. The first-order valence-corrected chi connectivity index (χ1v) is 11.4. The molecule has 184 valence electrons. The van der Waals surface area contributed by atoms with Crippen molar-refractivity contribution >= 4 is 25.4 Å². The quantitative estimate of drug-likeness (QED) is 0.221. The molecule has 0 aliphatic rings. The second kappa shape index (κ2) is 15.0. The number of nitrogens with one attached hydrogen (secondary N) is 1. The van der Waals surface area contributed by atoms with Gasteiger partial charge in [0.25, 0.3) is 0 Å². The van der Waals surface area contributed by atoms with Crippen LogP contribution in [0.15, 0.2) is 24.3 Å². The number of alkyl halides is 3. The van der Waals surface area contributed by atoms with Crippen LogP contribution in [-0.4, -0.2) is 45.6 Å². The van der Waals surface area contributed by atoms with Crippen LogP contribution >= 0.6 is 7.82 Å². The Kier molecular flexibility index (Phi) is 14.0. The summed E-state index contributed by atoms with van der Waals surface area (Å²) in [6.07, 6.45) is 3.44. The highest BCUT2D eigenvalue weighted by atomic mass is 31.2. The molecule has 32 heavy (non-hydrogen) atoms. The normalized spacial score (nSPS) is 12.5. The lowest BCUT2D eigenvalue weighted by molar-refractivity contribution is -0.192. The Morgan fingerprint density at radius 1 is 1.09 bits per heavy atom. The summed E-state index contributed by atoms with van der Waals surface area (Å²) >= 11 is 0. The number of phosphoric ester groups is 1. The number of anilines is 1. The van der Waals surface area contributed by atoms with Gasteiger partial charge < -0.3 is 25.9 Å². The SMILES string of the molecule is CCCCCCCCc1ccc(NC(=O)[C@@H](N)COP(=O)(O)O)cc1.O=C(O)C(F)(F)F. The van der Waals surface area contributed by atoms with Crippen LogP contribution in [0.2, 0.25) is 0 Å². The second-order valence-corrected chi connectivity index (χ2v) is 8.14. The number of unbranched alkanes of at least 4 members (excludes halogenated alkanes) is 5. The number of aliphatic carboxylic acids is 1. The Balaban J connectivity index is 0.00000118. The Morgan fingerprint density at radius 2 is 1.59 bits per heavy atom. The van der Waals surface area contributed by atoms with E-state index in [2.05, 4.69) is 16.8 Å². The molecule has 0 aliphatic heterocycles. The molecule has 0 heterocycles. The number of benzene rings is 1. The number of phosphoric acid groups is 1. The van der Waals surface area contributed by atoms with Crippen molar-refractivity contribution in [3.8, 4) is 0 Å². The van der Waals surface area contributed by atoms with Gasteiger partial charge in [0, 0.05) is 5.69 Å². The van der Waals surface area contributed by atoms with Crippen LogP contribution in [0, 0.1) is 0 Å². The molecule has 0 fully saturated rings. The first kappa shape index (κ1) is 30.0. The lowest BCUT2D eigenvalue weighted by atomic mass is 10.0. The predicted molar refractivity (Wildman–Crippen MR) is 112 cm³/mol. The molecule has 0 saturated carbocycles. The largest absolute Gasteiger partial charge is 0.490 e. The fourth-order valence-corrected chi connectivity index (χ4v) is 2.71. The van der Waals surface area contributed by atoms with Crippen LogP contribution in [-0.2, 0) is 25.1 Å². The minimum atomic E-state index is -5.08.